The highest BCUT2D eigenvalue weighted by Gasteiger charge is 2.21. The van der Waals surface area contributed by atoms with Gasteiger partial charge in [-0.3, -0.25) is 0 Å². The zero-order valence-electron chi connectivity index (χ0n) is 8.91. The molecule has 0 saturated carbocycles. The highest BCUT2D eigenvalue weighted by atomic mass is 127. The van der Waals surface area contributed by atoms with Crippen molar-refractivity contribution in [2.24, 2.45) is 0 Å². The second kappa shape index (κ2) is 4.00. The molecule has 0 aromatic heterocycles. The molecule has 1 atom stereocenters. The van der Waals surface area contributed by atoms with E-state index in [2.05, 4.69) is 46.9 Å². The van der Waals surface area contributed by atoms with Crippen LogP contribution < -0.4 is 0 Å². The predicted molar refractivity (Wildman–Crippen MR) is 74.2 cm³/mol. The second-order valence-corrected chi connectivity index (χ2v) is 5.69. The van der Waals surface area contributed by atoms with Crippen LogP contribution in [0.2, 0.25) is 0 Å². The van der Waals surface area contributed by atoms with Crippen molar-refractivity contribution in [1.29, 1.82) is 0 Å². The number of rotatable bonds is 0. The van der Waals surface area contributed by atoms with Crippen LogP contribution in [0.1, 0.15) is 24.0 Å². The number of aliphatic hydroxyl groups excluding tert-OH is 1. The molecule has 0 spiro atoms. The Morgan fingerprint density at radius 3 is 3.00 bits per heavy atom. The molecule has 0 bridgehead atoms. The van der Waals surface area contributed by atoms with Gasteiger partial charge in [0.2, 0.25) is 0 Å². The largest absolute Gasteiger partial charge is 0.389 e. The summed E-state index contributed by atoms with van der Waals surface area (Å²) in [5.74, 6) is 0. The fourth-order valence-corrected chi connectivity index (χ4v) is 3.15. The summed E-state index contributed by atoms with van der Waals surface area (Å²) in [6, 6.07) is 6.65. The van der Waals surface area contributed by atoms with Crippen molar-refractivity contribution in [3.05, 3.63) is 50.6 Å². The van der Waals surface area contributed by atoms with Crippen LogP contribution in [0.5, 0.6) is 0 Å². The van der Waals surface area contributed by atoms with E-state index < -0.39 is 0 Å². The molecule has 0 fully saturated rings. The molecule has 82 valence electrons. The molecule has 0 amide bonds. The molecule has 2 aliphatic rings. The van der Waals surface area contributed by atoms with E-state index in [1.54, 1.807) is 0 Å². The molecule has 1 nitrogen and oxygen atoms in total. The Morgan fingerprint density at radius 2 is 2.12 bits per heavy atom. The Balaban J connectivity index is 2.11. The lowest BCUT2D eigenvalue weighted by Crippen LogP contribution is -2.14. The van der Waals surface area contributed by atoms with Gasteiger partial charge >= 0.3 is 0 Å². The molecule has 1 unspecified atom stereocenters. The molecule has 0 heterocycles. The Morgan fingerprint density at radius 1 is 1.25 bits per heavy atom. The van der Waals surface area contributed by atoms with Crippen molar-refractivity contribution in [1.82, 2.24) is 0 Å². The predicted octanol–water partition coefficient (Wildman–Crippen LogP) is 3.31. The first-order chi connectivity index (χ1) is 7.74. The third-order valence-corrected chi connectivity index (χ3v) is 4.05. The zero-order chi connectivity index (χ0) is 11.1. The van der Waals surface area contributed by atoms with Gasteiger partial charge in [-0.05, 0) is 70.7 Å². The van der Waals surface area contributed by atoms with Crippen LogP contribution in [0.4, 0.5) is 0 Å². The average Bonchev–Trinajstić information content (AvgIpc) is 2.28. The maximum Gasteiger partial charge on any atom is 0.0761 e. The molecule has 2 heteroatoms. The van der Waals surface area contributed by atoms with E-state index in [0.717, 1.165) is 19.3 Å². The lowest BCUT2D eigenvalue weighted by atomic mass is 9.81. The minimum absolute atomic E-state index is 0.274. The van der Waals surface area contributed by atoms with Gasteiger partial charge in [0, 0.05) is 3.57 Å². The van der Waals surface area contributed by atoms with Gasteiger partial charge in [0.05, 0.1) is 6.10 Å². The van der Waals surface area contributed by atoms with Crippen LogP contribution in [0.25, 0.3) is 5.57 Å². The summed E-state index contributed by atoms with van der Waals surface area (Å²) in [5.41, 5.74) is 5.59. The molecule has 16 heavy (non-hydrogen) atoms. The van der Waals surface area contributed by atoms with Crippen LogP contribution >= 0.6 is 22.6 Å². The summed E-state index contributed by atoms with van der Waals surface area (Å²) >= 11 is 2.36. The lowest BCUT2D eigenvalue weighted by molar-refractivity contribution is 0.221. The van der Waals surface area contributed by atoms with E-state index in [0.29, 0.717) is 0 Å². The van der Waals surface area contributed by atoms with Gasteiger partial charge in [-0.15, -0.1) is 0 Å². The minimum atomic E-state index is -0.274. The van der Waals surface area contributed by atoms with Crippen molar-refractivity contribution in [2.75, 3.05) is 0 Å². The molecule has 0 aliphatic heterocycles. The molecular weight excluding hydrogens is 311 g/mol. The van der Waals surface area contributed by atoms with E-state index in [9.17, 15) is 5.11 Å². The summed E-state index contributed by atoms with van der Waals surface area (Å²) in [4.78, 5) is 0. The number of aliphatic hydroxyl groups is 1. The molecule has 2 aliphatic carbocycles. The second-order valence-electron chi connectivity index (χ2n) is 4.45. The third kappa shape index (κ3) is 1.74. The van der Waals surface area contributed by atoms with Crippen molar-refractivity contribution in [3.63, 3.8) is 0 Å². The van der Waals surface area contributed by atoms with Crippen molar-refractivity contribution < 1.29 is 5.11 Å². The smallest absolute Gasteiger partial charge is 0.0761 e. The van der Waals surface area contributed by atoms with Crippen molar-refractivity contribution in [2.45, 2.75) is 25.4 Å². The van der Waals surface area contributed by atoms with Gasteiger partial charge in [-0.2, -0.15) is 0 Å². The number of halogens is 1. The molecule has 1 aromatic rings. The quantitative estimate of drug-likeness (QED) is 0.726. The Labute approximate surface area is 109 Å². The van der Waals surface area contributed by atoms with Gasteiger partial charge in [-0.1, -0.05) is 23.8 Å². The fraction of sp³-hybridized carbons (Fsp3) is 0.286. The first-order valence-electron chi connectivity index (χ1n) is 5.61. The minimum Gasteiger partial charge on any atom is -0.389 e. The third-order valence-electron chi connectivity index (χ3n) is 3.38. The molecule has 0 radical (unpaired) electrons. The topological polar surface area (TPSA) is 20.2 Å². The van der Waals surface area contributed by atoms with Crippen molar-refractivity contribution >= 4 is 28.2 Å². The molecular formula is C14H13IO. The average molecular weight is 324 g/mol. The first-order valence-corrected chi connectivity index (χ1v) is 6.69. The number of hydrogen-bond acceptors (Lipinski definition) is 1. The van der Waals surface area contributed by atoms with Crippen LogP contribution in [-0.2, 0) is 6.42 Å². The van der Waals surface area contributed by atoms with Crippen LogP contribution in [0, 0.1) is 3.57 Å². The van der Waals surface area contributed by atoms with Crippen LogP contribution in [-0.4, -0.2) is 11.2 Å². The van der Waals surface area contributed by atoms with Gasteiger partial charge in [0.25, 0.3) is 0 Å². The van der Waals surface area contributed by atoms with E-state index in [-0.39, 0.29) is 6.10 Å². The number of benzene rings is 1. The molecule has 1 aromatic carbocycles. The summed E-state index contributed by atoms with van der Waals surface area (Å²) < 4.78 is 1.31. The normalized spacial score (nSPS) is 23.0. The van der Waals surface area contributed by atoms with Crippen LogP contribution in [0.3, 0.4) is 0 Å². The highest BCUT2D eigenvalue weighted by molar-refractivity contribution is 14.1. The monoisotopic (exact) mass is 324 g/mol. The van der Waals surface area contributed by atoms with Gasteiger partial charge in [0.1, 0.15) is 0 Å². The summed E-state index contributed by atoms with van der Waals surface area (Å²) in [5, 5.41) is 9.62. The van der Waals surface area contributed by atoms with E-state index in [1.165, 1.54) is 25.8 Å². The zero-order valence-corrected chi connectivity index (χ0v) is 11.1. The number of hydrogen-bond donors (Lipinski definition) is 1. The van der Waals surface area contributed by atoms with Crippen LogP contribution in [0.15, 0.2) is 35.9 Å². The molecule has 0 saturated heterocycles. The Hall–Kier alpha value is -0.610. The first kappa shape index (κ1) is 10.5. The summed E-state index contributed by atoms with van der Waals surface area (Å²) in [6.07, 6.45) is 6.76. The Bertz CT molecular complexity index is 499. The molecule has 1 N–H and O–H groups in total. The molecule has 3 rings (SSSR count). The lowest BCUT2D eigenvalue weighted by Gasteiger charge is -2.26. The number of allylic oxidation sites excluding steroid dienone is 2. The van der Waals surface area contributed by atoms with E-state index in [1.807, 2.05) is 6.08 Å². The fourth-order valence-electron chi connectivity index (χ4n) is 2.59. The van der Waals surface area contributed by atoms with Gasteiger partial charge in [0.15, 0.2) is 0 Å². The summed E-state index contributed by atoms with van der Waals surface area (Å²) in [7, 11) is 0. The Kier molecular flexibility index (Phi) is 2.64. The van der Waals surface area contributed by atoms with Gasteiger partial charge in [-0.25, -0.2) is 0 Å². The number of aryl methyl sites for hydroxylation is 1. The van der Waals surface area contributed by atoms with Crippen molar-refractivity contribution in [3.8, 4) is 0 Å². The summed E-state index contributed by atoms with van der Waals surface area (Å²) in [6.45, 7) is 0. The van der Waals surface area contributed by atoms with E-state index >= 15 is 0 Å². The SMILES string of the molecule is OC1C=CC2=C(CCc3cc(I)ccc32)C1. The van der Waals surface area contributed by atoms with E-state index in [4.69, 9.17) is 0 Å². The standard InChI is InChI=1S/C14H13IO/c15-11-3-5-13-9(7-11)1-2-10-8-12(16)4-6-14(10)13/h3-7,12,16H,1-2,8H2. The maximum absolute atomic E-state index is 9.62. The maximum atomic E-state index is 9.62. The van der Waals surface area contributed by atoms with Gasteiger partial charge < -0.3 is 5.11 Å². The number of fused-ring (bicyclic) bond motifs is 2. The highest BCUT2D eigenvalue weighted by Crippen LogP contribution is 2.37.